The summed E-state index contributed by atoms with van der Waals surface area (Å²) in [6.45, 7) is 1.58. The fourth-order valence-electron chi connectivity index (χ4n) is 2.22. The zero-order valence-corrected chi connectivity index (χ0v) is 12.7. The van der Waals surface area contributed by atoms with Gasteiger partial charge >= 0.3 is 0 Å². The first-order chi connectivity index (χ1) is 10.2. The summed E-state index contributed by atoms with van der Waals surface area (Å²) < 4.78 is 5.18. The molecule has 0 radical (unpaired) electrons. The molecule has 0 saturated carbocycles. The molecular weight excluding hydrogens is 282 g/mol. The Kier molecular flexibility index (Phi) is 3.71. The molecule has 1 heterocycles. The molecule has 0 saturated heterocycles. The van der Waals surface area contributed by atoms with Crippen LogP contribution in [0.5, 0.6) is 5.75 Å². The van der Waals surface area contributed by atoms with Crippen LogP contribution in [0.2, 0.25) is 0 Å². The van der Waals surface area contributed by atoms with Crippen LogP contribution in [0.1, 0.15) is 12.5 Å². The lowest BCUT2D eigenvalue weighted by Crippen LogP contribution is -2.24. The third-order valence-electron chi connectivity index (χ3n) is 3.30. The molecular formula is C17H15NO2S. The topological polar surface area (TPSA) is 29.5 Å². The van der Waals surface area contributed by atoms with E-state index in [1.165, 1.54) is 0 Å². The highest BCUT2D eigenvalue weighted by Crippen LogP contribution is 2.44. The van der Waals surface area contributed by atoms with E-state index in [9.17, 15) is 4.79 Å². The second kappa shape index (κ2) is 5.66. The molecule has 21 heavy (non-hydrogen) atoms. The minimum atomic E-state index is 0.00811. The number of carbonyl (C=O) groups is 1. The van der Waals surface area contributed by atoms with Crippen molar-refractivity contribution in [3.63, 3.8) is 0 Å². The molecule has 0 fully saturated rings. The molecule has 1 aliphatic rings. The number of rotatable bonds is 2. The normalized spacial score (nSPS) is 13.4. The molecule has 3 nitrogen and oxygen atoms in total. The molecule has 0 aliphatic carbocycles. The zero-order chi connectivity index (χ0) is 14.8. The summed E-state index contributed by atoms with van der Waals surface area (Å²) in [5.74, 6) is 0.831. The van der Waals surface area contributed by atoms with Gasteiger partial charge in [0.05, 0.1) is 12.8 Å². The van der Waals surface area contributed by atoms with Gasteiger partial charge in [-0.3, -0.25) is 9.69 Å². The van der Waals surface area contributed by atoms with E-state index in [0.717, 1.165) is 26.8 Å². The fraction of sp³-hybridized carbons (Fsp3) is 0.118. The van der Waals surface area contributed by atoms with E-state index >= 15 is 0 Å². The van der Waals surface area contributed by atoms with Crippen LogP contribution in [0.3, 0.4) is 0 Å². The monoisotopic (exact) mass is 297 g/mol. The lowest BCUT2D eigenvalue weighted by atomic mass is 10.2. The first-order valence-corrected chi connectivity index (χ1v) is 7.43. The fourth-order valence-corrected chi connectivity index (χ4v) is 3.29. The highest BCUT2D eigenvalue weighted by Gasteiger charge is 2.21. The van der Waals surface area contributed by atoms with E-state index in [-0.39, 0.29) is 5.91 Å². The van der Waals surface area contributed by atoms with Gasteiger partial charge in [0.25, 0.3) is 0 Å². The van der Waals surface area contributed by atoms with E-state index in [4.69, 9.17) is 4.74 Å². The Morgan fingerprint density at radius 3 is 2.48 bits per heavy atom. The summed E-state index contributed by atoms with van der Waals surface area (Å²) in [5, 5.41) is 0. The molecule has 2 aromatic carbocycles. The van der Waals surface area contributed by atoms with Crippen molar-refractivity contribution in [3.8, 4) is 5.75 Å². The van der Waals surface area contributed by atoms with Crippen molar-refractivity contribution in [1.29, 1.82) is 0 Å². The van der Waals surface area contributed by atoms with Gasteiger partial charge in [0.1, 0.15) is 5.75 Å². The number of amides is 1. The molecule has 0 spiro atoms. The molecule has 0 N–H and O–H groups in total. The number of fused-ring (bicyclic) bond motifs is 1. The Bertz CT molecular complexity index is 707. The summed E-state index contributed by atoms with van der Waals surface area (Å²) in [7, 11) is 1.65. The highest BCUT2D eigenvalue weighted by molar-refractivity contribution is 8.08. The number of ether oxygens (including phenoxy) is 1. The molecule has 106 valence electrons. The van der Waals surface area contributed by atoms with Crippen molar-refractivity contribution in [2.45, 2.75) is 11.8 Å². The Morgan fingerprint density at radius 1 is 1.10 bits per heavy atom. The summed E-state index contributed by atoms with van der Waals surface area (Å²) in [6, 6.07) is 15.8. The number of methoxy groups -OCH3 is 1. The Balaban J connectivity index is 2.01. The van der Waals surface area contributed by atoms with Crippen LogP contribution in [-0.4, -0.2) is 13.0 Å². The number of benzene rings is 2. The molecule has 4 heteroatoms. The van der Waals surface area contributed by atoms with Crippen molar-refractivity contribution < 1.29 is 9.53 Å². The van der Waals surface area contributed by atoms with E-state index in [1.54, 1.807) is 30.7 Å². The average Bonchev–Trinajstić information content (AvgIpc) is 2.53. The number of carbonyl (C=O) groups excluding carboxylic acids is 1. The van der Waals surface area contributed by atoms with Crippen LogP contribution in [-0.2, 0) is 4.79 Å². The van der Waals surface area contributed by atoms with Gasteiger partial charge in [-0.05, 0) is 29.8 Å². The Morgan fingerprint density at radius 2 is 1.81 bits per heavy atom. The second-order valence-electron chi connectivity index (χ2n) is 4.68. The minimum absolute atomic E-state index is 0.00811. The zero-order valence-electron chi connectivity index (χ0n) is 11.9. The van der Waals surface area contributed by atoms with Crippen LogP contribution in [0, 0.1) is 0 Å². The number of anilines is 1. The predicted molar refractivity (Wildman–Crippen MR) is 86.4 cm³/mol. The molecule has 1 amide bonds. The van der Waals surface area contributed by atoms with Gasteiger partial charge < -0.3 is 4.74 Å². The van der Waals surface area contributed by atoms with Crippen molar-refractivity contribution in [2.24, 2.45) is 0 Å². The first-order valence-electron chi connectivity index (χ1n) is 6.62. The lowest BCUT2D eigenvalue weighted by molar-refractivity contribution is -0.116. The van der Waals surface area contributed by atoms with Crippen LogP contribution in [0.25, 0.3) is 4.91 Å². The average molecular weight is 297 g/mol. The molecule has 0 unspecified atom stereocenters. The molecule has 2 aromatic rings. The third kappa shape index (κ3) is 2.67. The van der Waals surface area contributed by atoms with E-state index < -0.39 is 0 Å². The minimum Gasteiger partial charge on any atom is -0.497 e. The van der Waals surface area contributed by atoms with Crippen molar-refractivity contribution >= 4 is 28.3 Å². The highest BCUT2D eigenvalue weighted by atomic mass is 32.2. The van der Waals surface area contributed by atoms with Gasteiger partial charge in [0.2, 0.25) is 5.91 Å². The maximum Gasteiger partial charge on any atom is 0.227 e. The predicted octanol–water partition coefficient (Wildman–Crippen LogP) is 4.15. The number of hydrogen-bond donors (Lipinski definition) is 0. The van der Waals surface area contributed by atoms with Gasteiger partial charge in [-0.15, -0.1) is 0 Å². The standard InChI is InChI=1S/C17H15NO2S/c1-12(19)18-11-17(13-7-9-14(20-2)10-8-13)21-16-6-4-3-5-15(16)18/h3-11H,1-2H3. The number of hydrogen-bond acceptors (Lipinski definition) is 3. The van der Waals surface area contributed by atoms with Gasteiger partial charge in [0.15, 0.2) is 0 Å². The van der Waals surface area contributed by atoms with Crippen LogP contribution < -0.4 is 9.64 Å². The Hall–Kier alpha value is -2.20. The molecule has 0 aromatic heterocycles. The largest absolute Gasteiger partial charge is 0.497 e. The van der Waals surface area contributed by atoms with Crippen molar-refractivity contribution in [3.05, 3.63) is 60.3 Å². The van der Waals surface area contributed by atoms with E-state index in [1.807, 2.05) is 54.7 Å². The number of nitrogens with zero attached hydrogens (tertiary/aromatic N) is 1. The van der Waals surface area contributed by atoms with Crippen molar-refractivity contribution in [1.82, 2.24) is 0 Å². The summed E-state index contributed by atoms with van der Waals surface area (Å²) in [4.78, 5) is 15.7. The second-order valence-corrected chi connectivity index (χ2v) is 5.76. The van der Waals surface area contributed by atoms with Crippen molar-refractivity contribution in [2.75, 3.05) is 12.0 Å². The van der Waals surface area contributed by atoms with Gasteiger partial charge in [0, 0.05) is 22.9 Å². The maximum absolute atomic E-state index is 11.9. The molecule has 3 rings (SSSR count). The summed E-state index contributed by atoms with van der Waals surface area (Å²) in [6.07, 6.45) is 1.90. The van der Waals surface area contributed by atoms with Gasteiger partial charge in [-0.1, -0.05) is 36.0 Å². The van der Waals surface area contributed by atoms with Crippen LogP contribution >= 0.6 is 11.8 Å². The third-order valence-corrected chi connectivity index (χ3v) is 4.43. The SMILES string of the molecule is COc1ccc(C2=CN(C(C)=O)c3ccccc3S2)cc1. The van der Waals surface area contributed by atoms with Gasteiger partial charge in [-0.2, -0.15) is 0 Å². The van der Waals surface area contributed by atoms with E-state index in [0.29, 0.717) is 0 Å². The van der Waals surface area contributed by atoms with E-state index in [2.05, 4.69) is 0 Å². The molecule has 1 aliphatic heterocycles. The quantitative estimate of drug-likeness (QED) is 0.834. The first kappa shape index (κ1) is 13.8. The summed E-state index contributed by atoms with van der Waals surface area (Å²) in [5.41, 5.74) is 2.01. The molecule has 0 atom stereocenters. The smallest absolute Gasteiger partial charge is 0.227 e. The summed E-state index contributed by atoms with van der Waals surface area (Å²) >= 11 is 1.67. The van der Waals surface area contributed by atoms with Crippen LogP contribution in [0.4, 0.5) is 5.69 Å². The Labute approximate surface area is 128 Å². The number of thioether (sulfide) groups is 1. The van der Waals surface area contributed by atoms with Gasteiger partial charge in [-0.25, -0.2) is 0 Å². The lowest BCUT2D eigenvalue weighted by Gasteiger charge is -2.26. The number of para-hydroxylation sites is 1. The molecule has 0 bridgehead atoms. The van der Waals surface area contributed by atoms with Crippen LogP contribution in [0.15, 0.2) is 59.6 Å². The maximum atomic E-state index is 11.9.